The highest BCUT2D eigenvalue weighted by atomic mass is 32.2. The van der Waals surface area contributed by atoms with Gasteiger partial charge in [-0.25, -0.2) is 4.40 Å². The maximum absolute atomic E-state index is 3.76. The Balaban J connectivity index is 2.94. The van der Waals surface area contributed by atoms with E-state index in [4.69, 9.17) is 0 Å². The number of nitrogens with zero attached hydrogens (tertiary/aromatic N) is 1. The summed E-state index contributed by atoms with van der Waals surface area (Å²) in [6.07, 6.45) is 5.21. The van der Waals surface area contributed by atoms with E-state index in [1.807, 2.05) is 6.26 Å². The van der Waals surface area contributed by atoms with Crippen molar-refractivity contribution in [1.29, 1.82) is 0 Å². The van der Waals surface area contributed by atoms with Crippen molar-refractivity contribution in [2.75, 3.05) is 6.26 Å². The number of allylic oxidation sites excluding steroid dienone is 1. The molecule has 0 fully saturated rings. The van der Waals surface area contributed by atoms with E-state index in [0.29, 0.717) is 0 Å². The average molecular weight is 101 g/mol. The molecule has 34 valence electrons. The Bertz CT molecular complexity index is 58.6. The van der Waals surface area contributed by atoms with Gasteiger partial charge in [-0.1, -0.05) is 12.7 Å². The van der Waals surface area contributed by atoms with E-state index in [2.05, 4.69) is 11.0 Å². The third-order valence-corrected chi connectivity index (χ3v) is 0.604. The van der Waals surface area contributed by atoms with Crippen molar-refractivity contribution in [3.8, 4) is 0 Å². The van der Waals surface area contributed by atoms with Gasteiger partial charge in [0.2, 0.25) is 0 Å². The summed E-state index contributed by atoms with van der Waals surface area (Å²) >= 11 is 1.42. The van der Waals surface area contributed by atoms with Crippen molar-refractivity contribution in [3.05, 3.63) is 12.7 Å². The predicted molar refractivity (Wildman–Crippen MR) is 32.2 cm³/mol. The van der Waals surface area contributed by atoms with Crippen molar-refractivity contribution >= 4 is 18.2 Å². The first-order chi connectivity index (χ1) is 2.91. The maximum atomic E-state index is 3.76. The van der Waals surface area contributed by atoms with Crippen molar-refractivity contribution in [3.63, 3.8) is 0 Å². The van der Waals surface area contributed by atoms with Gasteiger partial charge in [0, 0.05) is 12.5 Å². The monoisotopic (exact) mass is 101 g/mol. The molecule has 0 atom stereocenters. The zero-order valence-electron chi connectivity index (χ0n) is 3.72. The molecule has 0 aromatic heterocycles. The summed E-state index contributed by atoms with van der Waals surface area (Å²) < 4.78 is 3.76. The third-order valence-electron chi connectivity index (χ3n) is 0.272. The molecule has 0 rings (SSSR count). The average Bonchev–Trinajstić information content (AvgIpc) is 1.61. The molecule has 0 unspecified atom stereocenters. The van der Waals surface area contributed by atoms with Gasteiger partial charge in [-0.2, -0.15) is 0 Å². The zero-order valence-corrected chi connectivity index (χ0v) is 4.53. The molecule has 0 saturated heterocycles. The number of rotatable bonds is 2. The summed E-state index contributed by atoms with van der Waals surface area (Å²) in [7, 11) is 0. The first kappa shape index (κ1) is 5.76. The molecule has 0 bridgehead atoms. The first-order valence-electron chi connectivity index (χ1n) is 1.59. The van der Waals surface area contributed by atoms with E-state index >= 15 is 0 Å². The Kier molecular flexibility index (Phi) is 4.57. The lowest BCUT2D eigenvalue weighted by atomic mass is 10.7. The molecular weight excluding hydrogens is 94.1 g/mol. The summed E-state index contributed by atoms with van der Waals surface area (Å²) in [4.78, 5) is 0. The molecule has 0 aliphatic carbocycles. The van der Waals surface area contributed by atoms with Crippen LogP contribution < -0.4 is 0 Å². The van der Waals surface area contributed by atoms with Gasteiger partial charge in [0.15, 0.2) is 0 Å². The standard InChI is InChI=1S/C4H7NS/c1-3-4-5-6-2/h3-4H,1H2,2H3. The van der Waals surface area contributed by atoms with Gasteiger partial charge in [0.05, 0.1) is 0 Å². The highest BCUT2D eigenvalue weighted by Crippen LogP contribution is 1.87. The Morgan fingerprint density at radius 1 is 1.83 bits per heavy atom. The zero-order chi connectivity index (χ0) is 4.83. The molecule has 0 spiro atoms. The van der Waals surface area contributed by atoms with Crippen LogP contribution in [0.5, 0.6) is 0 Å². The quantitative estimate of drug-likeness (QED) is 0.379. The van der Waals surface area contributed by atoms with Gasteiger partial charge in [-0.05, 0) is 11.9 Å². The molecule has 0 radical (unpaired) electrons. The van der Waals surface area contributed by atoms with Crippen LogP contribution in [0.25, 0.3) is 0 Å². The van der Waals surface area contributed by atoms with E-state index in [0.717, 1.165) is 0 Å². The summed E-state index contributed by atoms with van der Waals surface area (Å²) in [5.74, 6) is 0. The number of hydrogen-bond acceptors (Lipinski definition) is 2. The fraction of sp³-hybridized carbons (Fsp3) is 0.250. The second kappa shape index (κ2) is 4.76. The van der Waals surface area contributed by atoms with Gasteiger partial charge in [0.25, 0.3) is 0 Å². The molecule has 0 heterocycles. The van der Waals surface area contributed by atoms with Crippen LogP contribution in [0, 0.1) is 0 Å². The minimum absolute atomic E-state index is 1.42. The van der Waals surface area contributed by atoms with E-state index in [-0.39, 0.29) is 0 Å². The fourth-order valence-corrected chi connectivity index (χ4v) is 0.312. The first-order valence-corrected chi connectivity index (χ1v) is 2.77. The van der Waals surface area contributed by atoms with Crippen LogP contribution in [-0.2, 0) is 0 Å². The molecule has 0 N–H and O–H groups in total. The Hall–Kier alpha value is -0.240. The van der Waals surface area contributed by atoms with Gasteiger partial charge >= 0.3 is 0 Å². The molecule has 0 aromatic carbocycles. The molecule has 6 heavy (non-hydrogen) atoms. The summed E-state index contributed by atoms with van der Waals surface area (Å²) in [6.45, 7) is 3.44. The normalized spacial score (nSPS) is 9.50. The van der Waals surface area contributed by atoms with Gasteiger partial charge in [-0.15, -0.1) is 0 Å². The predicted octanol–water partition coefficient (Wildman–Crippen LogP) is 1.52. The van der Waals surface area contributed by atoms with Gasteiger partial charge in [0.1, 0.15) is 0 Å². The van der Waals surface area contributed by atoms with Crippen molar-refractivity contribution < 1.29 is 0 Å². The molecule has 0 aliphatic rings. The second-order valence-electron chi connectivity index (χ2n) is 0.673. The largest absolute Gasteiger partial charge is 0.225 e. The lowest BCUT2D eigenvalue weighted by Gasteiger charge is -1.68. The molecule has 0 saturated carbocycles. The number of hydrogen-bond donors (Lipinski definition) is 0. The van der Waals surface area contributed by atoms with E-state index < -0.39 is 0 Å². The second-order valence-corrected chi connectivity index (χ2v) is 1.25. The van der Waals surface area contributed by atoms with Crippen LogP contribution in [-0.4, -0.2) is 12.5 Å². The summed E-state index contributed by atoms with van der Waals surface area (Å²) in [5, 5.41) is 0. The summed E-state index contributed by atoms with van der Waals surface area (Å²) in [6, 6.07) is 0. The Morgan fingerprint density at radius 3 is 2.67 bits per heavy atom. The lowest BCUT2D eigenvalue weighted by Crippen LogP contribution is -1.51. The smallest absolute Gasteiger partial charge is 0.0345 e. The van der Waals surface area contributed by atoms with E-state index in [9.17, 15) is 0 Å². The van der Waals surface area contributed by atoms with Crippen LogP contribution in [0.2, 0.25) is 0 Å². The lowest BCUT2D eigenvalue weighted by molar-refractivity contribution is 1.97. The SMILES string of the molecule is C=CC=NSC. The molecular formula is C4H7NS. The van der Waals surface area contributed by atoms with Crippen molar-refractivity contribution in [2.24, 2.45) is 4.40 Å². The van der Waals surface area contributed by atoms with Gasteiger partial charge in [-0.3, -0.25) is 0 Å². The summed E-state index contributed by atoms with van der Waals surface area (Å²) in [5.41, 5.74) is 0. The van der Waals surface area contributed by atoms with E-state index in [1.54, 1.807) is 12.3 Å². The Labute approximate surface area is 42.3 Å². The van der Waals surface area contributed by atoms with Crippen LogP contribution in [0.4, 0.5) is 0 Å². The van der Waals surface area contributed by atoms with Crippen LogP contribution in [0.3, 0.4) is 0 Å². The molecule has 2 heteroatoms. The highest BCUT2D eigenvalue weighted by molar-refractivity contribution is 7.97. The minimum atomic E-state index is 1.42. The third kappa shape index (κ3) is 3.76. The molecule has 1 nitrogen and oxygen atoms in total. The molecule has 0 aromatic rings. The van der Waals surface area contributed by atoms with E-state index in [1.165, 1.54) is 11.9 Å². The highest BCUT2D eigenvalue weighted by Gasteiger charge is 1.55. The van der Waals surface area contributed by atoms with Crippen LogP contribution in [0.15, 0.2) is 17.1 Å². The van der Waals surface area contributed by atoms with Crippen LogP contribution >= 0.6 is 11.9 Å². The fourth-order valence-electron chi connectivity index (χ4n) is 0.104. The topological polar surface area (TPSA) is 12.4 Å². The maximum Gasteiger partial charge on any atom is 0.0345 e. The van der Waals surface area contributed by atoms with Crippen molar-refractivity contribution in [2.45, 2.75) is 0 Å². The van der Waals surface area contributed by atoms with Crippen LogP contribution in [0.1, 0.15) is 0 Å². The molecule has 0 aliphatic heterocycles. The molecule has 0 amide bonds. The van der Waals surface area contributed by atoms with Crippen molar-refractivity contribution in [1.82, 2.24) is 0 Å². The van der Waals surface area contributed by atoms with Gasteiger partial charge < -0.3 is 0 Å². The Morgan fingerprint density at radius 2 is 2.50 bits per heavy atom. The minimum Gasteiger partial charge on any atom is -0.225 e.